The van der Waals surface area contributed by atoms with Crippen LogP contribution in [0, 0.1) is 6.92 Å². The number of likely N-dealkylation sites (tertiary alicyclic amines) is 2. The molecule has 0 spiro atoms. The fraction of sp³-hybridized carbons (Fsp3) is 0.361. The SMILES string of the molecule is Cc1ccc(CN2CCC(Oc3ccc4cc(C(=O)NC5CCN(Cc6ccccc6)CC5)ccc4c3)CC2)cc1. The van der Waals surface area contributed by atoms with Crippen LogP contribution in [0.4, 0.5) is 0 Å². The van der Waals surface area contributed by atoms with Gasteiger partial charge in [-0.3, -0.25) is 14.6 Å². The van der Waals surface area contributed by atoms with E-state index in [1.54, 1.807) is 0 Å². The Bertz CT molecular complexity index is 1440. The van der Waals surface area contributed by atoms with Crippen LogP contribution in [0.3, 0.4) is 0 Å². The lowest BCUT2D eigenvalue weighted by molar-refractivity contribution is 0.0909. The molecule has 212 valence electrons. The van der Waals surface area contributed by atoms with Crippen LogP contribution in [0.25, 0.3) is 10.8 Å². The molecular formula is C36H41N3O2. The van der Waals surface area contributed by atoms with Gasteiger partial charge in [-0.2, -0.15) is 0 Å². The van der Waals surface area contributed by atoms with Crippen molar-refractivity contribution in [2.45, 2.75) is 57.8 Å². The molecule has 0 bridgehead atoms. The molecule has 4 aromatic rings. The van der Waals surface area contributed by atoms with Crippen LogP contribution in [0.15, 0.2) is 91.0 Å². The lowest BCUT2D eigenvalue weighted by atomic mass is 10.0. The maximum Gasteiger partial charge on any atom is 0.251 e. The molecule has 6 rings (SSSR count). The Labute approximate surface area is 244 Å². The number of aryl methyl sites for hydroxylation is 1. The number of piperidine rings is 2. The Hall–Kier alpha value is -3.67. The van der Waals surface area contributed by atoms with Crippen molar-refractivity contribution in [3.63, 3.8) is 0 Å². The van der Waals surface area contributed by atoms with E-state index < -0.39 is 0 Å². The van der Waals surface area contributed by atoms with Gasteiger partial charge < -0.3 is 10.1 Å². The van der Waals surface area contributed by atoms with Crippen LogP contribution >= 0.6 is 0 Å². The summed E-state index contributed by atoms with van der Waals surface area (Å²) in [5.74, 6) is 0.931. The second-order valence-corrected chi connectivity index (χ2v) is 11.8. The van der Waals surface area contributed by atoms with Gasteiger partial charge in [0.15, 0.2) is 0 Å². The number of hydrogen-bond acceptors (Lipinski definition) is 4. The van der Waals surface area contributed by atoms with Crippen LogP contribution in [0.2, 0.25) is 0 Å². The van der Waals surface area contributed by atoms with E-state index in [0.29, 0.717) is 0 Å². The first-order valence-electron chi connectivity index (χ1n) is 15.1. The molecule has 5 heteroatoms. The Balaban J connectivity index is 0.977. The lowest BCUT2D eigenvalue weighted by Gasteiger charge is -2.32. The van der Waals surface area contributed by atoms with Crippen molar-refractivity contribution in [2.75, 3.05) is 26.2 Å². The Morgan fingerprint density at radius 2 is 1.34 bits per heavy atom. The molecule has 0 aliphatic carbocycles. The second-order valence-electron chi connectivity index (χ2n) is 11.8. The number of carbonyl (C=O) groups excluding carboxylic acids is 1. The van der Waals surface area contributed by atoms with E-state index in [0.717, 1.165) is 87.0 Å². The summed E-state index contributed by atoms with van der Waals surface area (Å²) < 4.78 is 6.39. The number of nitrogens with one attached hydrogen (secondary N) is 1. The number of carbonyl (C=O) groups is 1. The summed E-state index contributed by atoms with van der Waals surface area (Å²) in [6.07, 6.45) is 4.28. The van der Waals surface area contributed by atoms with Crippen LogP contribution in [0.5, 0.6) is 5.75 Å². The maximum atomic E-state index is 13.1. The van der Waals surface area contributed by atoms with Gasteiger partial charge in [-0.25, -0.2) is 0 Å². The number of rotatable bonds is 8. The molecule has 5 nitrogen and oxygen atoms in total. The molecule has 4 aromatic carbocycles. The standard InChI is InChI=1S/C36H41N3O2/c1-27-7-9-29(10-8-27)26-39-21-17-34(18-22-39)41-35-14-13-30-23-32(12-11-31(30)24-35)36(40)37-33-15-19-38(20-16-33)25-28-5-3-2-4-6-28/h2-14,23-24,33-34H,15-22,25-26H2,1H3,(H,37,40). The van der Waals surface area contributed by atoms with Crippen molar-refractivity contribution in [3.8, 4) is 5.75 Å². The summed E-state index contributed by atoms with van der Waals surface area (Å²) in [5.41, 5.74) is 4.75. The first kappa shape index (κ1) is 27.5. The minimum absolute atomic E-state index is 0.0196. The van der Waals surface area contributed by atoms with E-state index in [1.165, 1.54) is 16.7 Å². The number of nitrogens with zero attached hydrogens (tertiary/aromatic N) is 2. The summed E-state index contributed by atoms with van der Waals surface area (Å²) in [6.45, 7) is 8.23. The number of benzene rings is 4. The average Bonchev–Trinajstić information content (AvgIpc) is 3.00. The molecule has 2 fully saturated rings. The van der Waals surface area contributed by atoms with Gasteiger partial charge in [-0.15, -0.1) is 0 Å². The van der Waals surface area contributed by atoms with Crippen molar-refractivity contribution in [1.82, 2.24) is 15.1 Å². The highest BCUT2D eigenvalue weighted by Crippen LogP contribution is 2.26. The molecule has 0 aromatic heterocycles. The predicted octanol–water partition coefficient (Wildman–Crippen LogP) is 6.59. The zero-order valence-electron chi connectivity index (χ0n) is 24.1. The molecule has 0 atom stereocenters. The quantitative estimate of drug-likeness (QED) is 0.270. The summed E-state index contributed by atoms with van der Waals surface area (Å²) in [7, 11) is 0. The molecule has 2 heterocycles. The smallest absolute Gasteiger partial charge is 0.251 e. The lowest BCUT2D eigenvalue weighted by Crippen LogP contribution is -2.44. The van der Waals surface area contributed by atoms with Gasteiger partial charge in [0.05, 0.1) is 0 Å². The van der Waals surface area contributed by atoms with E-state index in [4.69, 9.17) is 4.74 Å². The van der Waals surface area contributed by atoms with E-state index >= 15 is 0 Å². The van der Waals surface area contributed by atoms with Gasteiger partial charge >= 0.3 is 0 Å². The van der Waals surface area contributed by atoms with Gasteiger partial charge in [0.2, 0.25) is 0 Å². The molecule has 2 saturated heterocycles. The zero-order valence-corrected chi connectivity index (χ0v) is 24.1. The molecule has 0 radical (unpaired) electrons. The minimum Gasteiger partial charge on any atom is -0.490 e. The fourth-order valence-electron chi connectivity index (χ4n) is 6.11. The normalized spacial score (nSPS) is 17.5. The molecule has 1 N–H and O–H groups in total. The molecule has 2 aliphatic rings. The first-order valence-corrected chi connectivity index (χ1v) is 15.1. The monoisotopic (exact) mass is 547 g/mol. The van der Waals surface area contributed by atoms with E-state index in [9.17, 15) is 4.79 Å². The third-order valence-electron chi connectivity index (χ3n) is 8.61. The highest BCUT2D eigenvalue weighted by atomic mass is 16.5. The number of ether oxygens (including phenoxy) is 1. The van der Waals surface area contributed by atoms with Crippen LogP contribution in [0.1, 0.15) is 52.7 Å². The Morgan fingerprint density at radius 3 is 2.05 bits per heavy atom. The summed E-state index contributed by atoms with van der Waals surface area (Å²) >= 11 is 0. The predicted molar refractivity (Wildman–Crippen MR) is 166 cm³/mol. The molecule has 0 unspecified atom stereocenters. The molecule has 0 saturated carbocycles. The fourth-order valence-corrected chi connectivity index (χ4v) is 6.11. The van der Waals surface area contributed by atoms with E-state index in [2.05, 4.69) is 88.8 Å². The van der Waals surface area contributed by atoms with Gasteiger partial charge in [-0.05, 0) is 78.8 Å². The van der Waals surface area contributed by atoms with Gasteiger partial charge in [0.1, 0.15) is 11.9 Å². The number of amides is 1. The Kier molecular flexibility index (Phi) is 8.64. The second kappa shape index (κ2) is 12.9. The maximum absolute atomic E-state index is 13.1. The summed E-state index contributed by atoms with van der Waals surface area (Å²) in [5, 5.41) is 5.44. The van der Waals surface area contributed by atoms with Gasteiger partial charge in [-0.1, -0.05) is 72.3 Å². The topological polar surface area (TPSA) is 44.8 Å². The van der Waals surface area contributed by atoms with E-state index in [1.807, 2.05) is 24.3 Å². The van der Waals surface area contributed by atoms with Crippen molar-refractivity contribution >= 4 is 16.7 Å². The molecule has 1 amide bonds. The van der Waals surface area contributed by atoms with Crippen molar-refractivity contribution < 1.29 is 9.53 Å². The third-order valence-corrected chi connectivity index (χ3v) is 8.61. The van der Waals surface area contributed by atoms with Crippen molar-refractivity contribution in [2.24, 2.45) is 0 Å². The molecule has 2 aliphatic heterocycles. The molecular weight excluding hydrogens is 506 g/mol. The van der Waals surface area contributed by atoms with Crippen molar-refractivity contribution in [3.05, 3.63) is 113 Å². The Morgan fingerprint density at radius 1 is 0.732 bits per heavy atom. The highest BCUT2D eigenvalue weighted by molar-refractivity contribution is 5.99. The van der Waals surface area contributed by atoms with Crippen LogP contribution in [-0.2, 0) is 13.1 Å². The third kappa shape index (κ3) is 7.35. The highest BCUT2D eigenvalue weighted by Gasteiger charge is 2.22. The average molecular weight is 548 g/mol. The van der Waals surface area contributed by atoms with Crippen LogP contribution in [-0.4, -0.2) is 54.0 Å². The van der Waals surface area contributed by atoms with Crippen LogP contribution < -0.4 is 10.1 Å². The van der Waals surface area contributed by atoms with E-state index in [-0.39, 0.29) is 18.1 Å². The first-order chi connectivity index (χ1) is 20.1. The van der Waals surface area contributed by atoms with Gasteiger partial charge in [0.25, 0.3) is 5.91 Å². The van der Waals surface area contributed by atoms with Gasteiger partial charge in [0, 0.05) is 50.9 Å². The summed E-state index contributed by atoms with van der Waals surface area (Å²) in [6, 6.07) is 31.9. The largest absolute Gasteiger partial charge is 0.490 e. The number of hydrogen-bond donors (Lipinski definition) is 1. The zero-order chi connectivity index (χ0) is 28.0. The van der Waals surface area contributed by atoms with Crippen molar-refractivity contribution in [1.29, 1.82) is 0 Å². The minimum atomic E-state index is 0.0196. The summed E-state index contributed by atoms with van der Waals surface area (Å²) in [4.78, 5) is 18.1. The molecule has 41 heavy (non-hydrogen) atoms. The number of fused-ring (bicyclic) bond motifs is 1.